The Labute approximate surface area is 140 Å². The van der Waals surface area contributed by atoms with Gasteiger partial charge < -0.3 is 19.5 Å². The van der Waals surface area contributed by atoms with E-state index in [0.29, 0.717) is 17.4 Å². The van der Waals surface area contributed by atoms with Crippen LogP contribution in [0, 0.1) is 5.41 Å². The fraction of sp³-hybridized carbons (Fsp3) is 0.562. The number of hydrogen-bond donors (Lipinski definition) is 1. The highest BCUT2D eigenvalue weighted by Crippen LogP contribution is 2.47. The summed E-state index contributed by atoms with van der Waals surface area (Å²) in [6.45, 7) is 7.32. The highest BCUT2D eigenvalue weighted by Gasteiger charge is 2.40. The lowest BCUT2D eigenvalue weighted by Crippen LogP contribution is -2.34. The summed E-state index contributed by atoms with van der Waals surface area (Å²) in [5.41, 5.74) is 0.824. The summed E-state index contributed by atoms with van der Waals surface area (Å²) in [5.74, 6) is 1.75. The Hall–Kier alpha value is -1.44. The molecule has 1 amide bonds. The molecule has 2 heterocycles. The fourth-order valence-corrected chi connectivity index (χ4v) is 3.56. The maximum Gasteiger partial charge on any atom is 0.413 e. The van der Waals surface area contributed by atoms with Gasteiger partial charge >= 0.3 is 6.09 Å². The average molecular weight is 338 g/mol. The van der Waals surface area contributed by atoms with E-state index in [1.165, 1.54) is 0 Å². The number of alkyl carbamates (subject to hydrolysis) is 1. The third-order valence-corrected chi connectivity index (χ3v) is 4.94. The molecule has 0 saturated carbocycles. The Morgan fingerprint density at radius 3 is 3.00 bits per heavy atom. The van der Waals surface area contributed by atoms with Crippen molar-refractivity contribution in [1.82, 2.24) is 9.62 Å². The van der Waals surface area contributed by atoms with E-state index in [0.717, 1.165) is 38.3 Å². The van der Waals surface area contributed by atoms with Crippen LogP contribution in [0.2, 0.25) is 0 Å². The Balaban J connectivity index is 1.52. The first-order valence-corrected chi connectivity index (χ1v) is 8.69. The van der Waals surface area contributed by atoms with Gasteiger partial charge in [-0.1, -0.05) is 31.9 Å². The zero-order chi connectivity index (χ0) is 16.3. The van der Waals surface area contributed by atoms with Crippen LogP contribution in [-0.2, 0) is 14.2 Å². The van der Waals surface area contributed by atoms with Gasteiger partial charge in [0.1, 0.15) is 0 Å². The first-order chi connectivity index (χ1) is 11.1. The van der Waals surface area contributed by atoms with Gasteiger partial charge in [0.2, 0.25) is 0 Å². The van der Waals surface area contributed by atoms with Gasteiger partial charge in [-0.2, -0.15) is 0 Å². The molecule has 126 valence electrons. The van der Waals surface area contributed by atoms with Crippen molar-refractivity contribution in [2.75, 3.05) is 32.2 Å². The molecule has 0 unspecified atom stereocenters. The molecule has 3 aliphatic rings. The van der Waals surface area contributed by atoms with Crippen molar-refractivity contribution in [3.63, 3.8) is 0 Å². The van der Waals surface area contributed by atoms with Crippen LogP contribution < -0.4 is 5.32 Å². The number of hydrogen-bond acceptors (Lipinski definition) is 6. The van der Waals surface area contributed by atoms with Crippen molar-refractivity contribution in [1.29, 1.82) is 0 Å². The molecule has 0 atom stereocenters. The van der Waals surface area contributed by atoms with Gasteiger partial charge in [0.05, 0.1) is 25.4 Å². The van der Waals surface area contributed by atoms with Crippen LogP contribution in [0.15, 0.2) is 35.5 Å². The number of allylic oxidation sites excluding steroid dienone is 4. The van der Waals surface area contributed by atoms with E-state index in [-0.39, 0.29) is 5.41 Å². The van der Waals surface area contributed by atoms with Gasteiger partial charge in [-0.3, -0.25) is 0 Å². The Kier molecular flexibility index (Phi) is 4.99. The van der Waals surface area contributed by atoms with Crippen LogP contribution in [0.25, 0.3) is 0 Å². The van der Waals surface area contributed by atoms with Crippen molar-refractivity contribution in [3.8, 4) is 0 Å². The smallest absolute Gasteiger partial charge is 0.413 e. The zero-order valence-corrected chi connectivity index (χ0v) is 14.3. The van der Waals surface area contributed by atoms with Crippen molar-refractivity contribution in [2.45, 2.75) is 20.3 Å². The Bertz CT molecular complexity index is 562. The standard InChI is InChI=1S/C16H22N2O4S/c1-16(2)10-12-4-3-7-21-13(12)14(16)22-15(19)17-11-23-18-5-8-20-9-6-18/h3-4,7H,5-6,8-11H2,1-2H3,(H,17,19). The SMILES string of the molecule is CC1(C)CC2=CC=COC2=C1OC(=O)NCSN1CCOCC1. The van der Waals surface area contributed by atoms with Crippen LogP contribution in [0.5, 0.6) is 0 Å². The molecule has 1 fully saturated rings. The van der Waals surface area contributed by atoms with Crippen molar-refractivity contribution in [2.24, 2.45) is 5.41 Å². The summed E-state index contributed by atoms with van der Waals surface area (Å²) in [6.07, 6.45) is 5.83. The first-order valence-electron chi connectivity index (χ1n) is 7.75. The minimum absolute atomic E-state index is 0.248. The molecule has 0 aromatic heterocycles. The number of morpholine rings is 1. The highest BCUT2D eigenvalue weighted by atomic mass is 32.2. The highest BCUT2D eigenvalue weighted by molar-refractivity contribution is 7.96. The molecule has 6 nitrogen and oxygen atoms in total. The molecule has 7 heteroatoms. The van der Waals surface area contributed by atoms with E-state index < -0.39 is 6.09 Å². The van der Waals surface area contributed by atoms with Crippen LogP contribution >= 0.6 is 11.9 Å². The van der Waals surface area contributed by atoms with E-state index in [2.05, 4.69) is 9.62 Å². The first kappa shape index (κ1) is 16.4. The summed E-state index contributed by atoms with van der Waals surface area (Å²) in [6, 6.07) is 0. The third kappa shape index (κ3) is 3.91. The zero-order valence-electron chi connectivity index (χ0n) is 13.5. The number of nitrogens with one attached hydrogen (secondary N) is 1. The summed E-state index contributed by atoms with van der Waals surface area (Å²) >= 11 is 1.58. The second-order valence-electron chi connectivity index (χ2n) is 6.24. The maximum absolute atomic E-state index is 12.1. The van der Waals surface area contributed by atoms with Gasteiger partial charge in [0.15, 0.2) is 11.5 Å². The van der Waals surface area contributed by atoms with E-state index in [1.54, 1.807) is 18.2 Å². The molecule has 2 aliphatic heterocycles. The second kappa shape index (κ2) is 6.98. The number of nitrogens with zero attached hydrogens (tertiary/aromatic N) is 1. The number of fused-ring (bicyclic) bond motifs is 1. The van der Waals surface area contributed by atoms with E-state index in [4.69, 9.17) is 14.2 Å². The van der Waals surface area contributed by atoms with Gasteiger partial charge in [0.25, 0.3) is 0 Å². The predicted molar refractivity (Wildman–Crippen MR) is 88.2 cm³/mol. The molecule has 0 radical (unpaired) electrons. The lowest BCUT2D eigenvalue weighted by Gasteiger charge is -2.25. The number of rotatable bonds is 4. The molecule has 23 heavy (non-hydrogen) atoms. The summed E-state index contributed by atoms with van der Waals surface area (Å²) in [7, 11) is 0. The number of ether oxygens (including phenoxy) is 3. The summed E-state index contributed by atoms with van der Waals surface area (Å²) < 4.78 is 18.6. The van der Waals surface area contributed by atoms with Crippen molar-refractivity contribution in [3.05, 3.63) is 35.5 Å². The molecule has 0 spiro atoms. The normalized spacial score (nSPS) is 23.1. The molecular weight excluding hydrogens is 316 g/mol. The lowest BCUT2D eigenvalue weighted by atomic mass is 9.90. The molecule has 1 saturated heterocycles. The Morgan fingerprint density at radius 2 is 2.22 bits per heavy atom. The molecule has 0 aromatic carbocycles. The van der Waals surface area contributed by atoms with Gasteiger partial charge in [-0.05, 0) is 18.1 Å². The maximum atomic E-state index is 12.1. The monoisotopic (exact) mass is 338 g/mol. The largest absolute Gasteiger partial charge is 0.461 e. The second-order valence-corrected chi connectivity index (χ2v) is 7.30. The Morgan fingerprint density at radius 1 is 1.43 bits per heavy atom. The number of carbonyl (C=O) groups is 1. The van der Waals surface area contributed by atoms with Crippen molar-refractivity contribution >= 4 is 18.0 Å². The van der Waals surface area contributed by atoms with Crippen LogP contribution in [0.3, 0.4) is 0 Å². The fourth-order valence-electron chi connectivity index (χ4n) is 2.79. The molecular formula is C16H22N2O4S. The quantitative estimate of drug-likeness (QED) is 0.628. The predicted octanol–water partition coefficient (Wildman–Crippen LogP) is 2.76. The topological polar surface area (TPSA) is 60.0 Å². The molecule has 0 bridgehead atoms. The van der Waals surface area contributed by atoms with Gasteiger partial charge in [-0.15, -0.1) is 0 Å². The average Bonchev–Trinajstić information content (AvgIpc) is 2.79. The van der Waals surface area contributed by atoms with Crippen LogP contribution in [0.4, 0.5) is 4.79 Å². The summed E-state index contributed by atoms with van der Waals surface area (Å²) in [5, 5.41) is 2.78. The van der Waals surface area contributed by atoms with E-state index in [1.807, 2.05) is 26.0 Å². The molecule has 3 rings (SSSR count). The van der Waals surface area contributed by atoms with Gasteiger partial charge in [0, 0.05) is 18.5 Å². The number of amides is 1. The number of carbonyl (C=O) groups excluding carboxylic acids is 1. The van der Waals surface area contributed by atoms with E-state index in [9.17, 15) is 4.79 Å². The third-order valence-electron chi connectivity index (χ3n) is 3.94. The van der Waals surface area contributed by atoms with Gasteiger partial charge in [-0.25, -0.2) is 9.10 Å². The minimum Gasteiger partial charge on any atom is -0.461 e. The summed E-state index contributed by atoms with van der Waals surface area (Å²) in [4.78, 5) is 12.1. The van der Waals surface area contributed by atoms with Crippen LogP contribution in [0.1, 0.15) is 20.3 Å². The minimum atomic E-state index is -0.444. The van der Waals surface area contributed by atoms with Crippen molar-refractivity contribution < 1.29 is 19.0 Å². The lowest BCUT2D eigenvalue weighted by molar-refractivity contribution is 0.0772. The molecule has 1 aliphatic carbocycles. The molecule has 1 N–H and O–H groups in total. The van der Waals surface area contributed by atoms with Crippen LogP contribution in [-0.4, -0.2) is 42.6 Å². The molecule has 0 aromatic rings. The van der Waals surface area contributed by atoms with E-state index >= 15 is 0 Å².